The van der Waals surface area contributed by atoms with Crippen molar-refractivity contribution in [2.75, 3.05) is 0 Å². The molecular formula is C55H40N4. The summed E-state index contributed by atoms with van der Waals surface area (Å²) in [6.07, 6.45) is 2.43. The topological polar surface area (TPSA) is 34.2 Å². The van der Waals surface area contributed by atoms with Crippen LogP contribution in [0.4, 0.5) is 0 Å². The Morgan fingerprint density at radius 2 is 1.05 bits per heavy atom. The zero-order valence-electron chi connectivity index (χ0n) is 32.9. The zero-order chi connectivity index (χ0) is 39.2. The SMILES string of the molecule is CC1(C)C(c2ccccc2)=CC2NC(n3c4ccc(-c5ccc6c(c5)c5ccccc5n6-c5ccccc5)cc4c4c5ccccc5ccc43)=NC(c3ccccc3)=C21. The van der Waals surface area contributed by atoms with Gasteiger partial charge in [0.2, 0.25) is 5.96 Å². The van der Waals surface area contributed by atoms with Gasteiger partial charge in [-0.25, -0.2) is 4.99 Å². The molecule has 0 saturated carbocycles. The van der Waals surface area contributed by atoms with Gasteiger partial charge in [-0.15, -0.1) is 0 Å². The van der Waals surface area contributed by atoms with E-state index < -0.39 is 0 Å². The molecule has 3 heterocycles. The van der Waals surface area contributed by atoms with Gasteiger partial charge in [-0.2, -0.15) is 0 Å². The fourth-order valence-electron chi connectivity index (χ4n) is 10.1. The predicted molar refractivity (Wildman–Crippen MR) is 248 cm³/mol. The Balaban J connectivity index is 1.08. The molecule has 0 fully saturated rings. The summed E-state index contributed by atoms with van der Waals surface area (Å²) in [5.41, 5.74) is 14.0. The van der Waals surface area contributed by atoms with E-state index in [1.807, 2.05) is 0 Å². The van der Waals surface area contributed by atoms with E-state index in [-0.39, 0.29) is 11.5 Å². The maximum absolute atomic E-state index is 5.62. The molecule has 280 valence electrons. The zero-order valence-corrected chi connectivity index (χ0v) is 32.9. The minimum Gasteiger partial charge on any atom is -0.345 e. The largest absolute Gasteiger partial charge is 0.345 e. The van der Waals surface area contributed by atoms with Crippen LogP contribution in [0.25, 0.3) is 82.5 Å². The maximum Gasteiger partial charge on any atom is 0.209 e. The van der Waals surface area contributed by atoms with Crippen LogP contribution >= 0.6 is 0 Å². The van der Waals surface area contributed by atoms with E-state index in [4.69, 9.17) is 4.99 Å². The number of benzene rings is 8. The van der Waals surface area contributed by atoms with Crippen LogP contribution in [-0.2, 0) is 0 Å². The Bertz CT molecular complexity index is 3420. The van der Waals surface area contributed by atoms with Crippen LogP contribution in [0, 0.1) is 5.41 Å². The molecule has 2 aromatic heterocycles. The molecule has 0 radical (unpaired) electrons. The number of para-hydroxylation sites is 2. The van der Waals surface area contributed by atoms with Gasteiger partial charge in [0.05, 0.1) is 33.8 Å². The number of allylic oxidation sites excluding steroid dienone is 1. The molecule has 0 bridgehead atoms. The van der Waals surface area contributed by atoms with Crippen molar-refractivity contribution in [1.82, 2.24) is 14.5 Å². The molecule has 4 heteroatoms. The van der Waals surface area contributed by atoms with Crippen LogP contribution in [0.15, 0.2) is 205 Å². The maximum atomic E-state index is 5.62. The van der Waals surface area contributed by atoms with Crippen LogP contribution in [-0.4, -0.2) is 21.1 Å². The number of hydrogen-bond acceptors (Lipinski definition) is 2. The minimum atomic E-state index is -0.236. The second kappa shape index (κ2) is 12.8. The molecule has 8 aromatic carbocycles. The van der Waals surface area contributed by atoms with Crippen molar-refractivity contribution in [2.24, 2.45) is 10.4 Å². The van der Waals surface area contributed by atoms with E-state index in [9.17, 15) is 0 Å². The summed E-state index contributed by atoms with van der Waals surface area (Å²) in [5.74, 6) is 0.831. The highest BCUT2D eigenvalue weighted by Gasteiger charge is 2.44. The quantitative estimate of drug-likeness (QED) is 0.191. The van der Waals surface area contributed by atoms with E-state index in [1.165, 1.54) is 71.2 Å². The molecular weight excluding hydrogens is 717 g/mol. The molecule has 1 atom stereocenters. The summed E-state index contributed by atoms with van der Waals surface area (Å²) in [5, 5.41) is 11.4. The van der Waals surface area contributed by atoms with Gasteiger partial charge >= 0.3 is 0 Å². The summed E-state index contributed by atoms with van der Waals surface area (Å²) >= 11 is 0. The van der Waals surface area contributed by atoms with E-state index in [0.717, 1.165) is 33.9 Å². The number of fused-ring (bicyclic) bond motifs is 9. The Hall–Kier alpha value is -7.43. The molecule has 12 rings (SSSR count). The fourth-order valence-corrected chi connectivity index (χ4v) is 10.1. The smallest absolute Gasteiger partial charge is 0.209 e. The van der Waals surface area contributed by atoms with Crippen molar-refractivity contribution in [2.45, 2.75) is 19.9 Å². The van der Waals surface area contributed by atoms with Gasteiger partial charge < -0.3 is 9.88 Å². The minimum absolute atomic E-state index is 0.0279. The number of aliphatic imine (C=N–C) groups is 1. The van der Waals surface area contributed by atoms with Crippen LogP contribution in [0.5, 0.6) is 0 Å². The third-order valence-corrected chi connectivity index (χ3v) is 12.8. The first kappa shape index (κ1) is 33.7. The lowest BCUT2D eigenvalue weighted by Gasteiger charge is -2.33. The van der Waals surface area contributed by atoms with E-state index >= 15 is 0 Å². The average Bonchev–Trinajstić information content (AvgIpc) is 3.91. The van der Waals surface area contributed by atoms with Gasteiger partial charge in [-0.3, -0.25) is 4.57 Å². The first-order chi connectivity index (χ1) is 29.0. The second-order valence-corrected chi connectivity index (χ2v) is 16.4. The third kappa shape index (κ3) is 5.06. The van der Waals surface area contributed by atoms with Gasteiger partial charge in [0.15, 0.2) is 0 Å². The molecule has 4 nitrogen and oxygen atoms in total. The molecule has 10 aromatic rings. The number of hydrogen-bond donors (Lipinski definition) is 1. The lowest BCUT2D eigenvalue weighted by molar-refractivity contribution is 0.578. The van der Waals surface area contributed by atoms with Crippen molar-refractivity contribution in [1.29, 1.82) is 0 Å². The number of aromatic nitrogens is 2. The van der Waals surface area contributed by atoms with Crippen LogP contribution in [0.3, 0.4) is 0 Å². The second-order valence-electron chi connectivity index (χ2n) is 16.4. The number of nitrogens with zero attached hydrogens (tertiary/aromatic N) is 3. The number of nitrogens with one attached hydrogen (secondary N) is 1. The molecule has 59 heavy (non-hydrogen) atoms. The highest BCUT2D eigenvalue weighted by Crippen LogP contribution is 2.52. The predicted octanol–water partition coefficient (Wildman–Crippen LogP) is 13.4. The van der Waals surface area contributed by atoms with Crippen molar-refractivity contribution >= 4 is 71.6 Å². The molecule has 2 aliphatic rings. The van der Waals surface area contributed by atoms with Gasteiger partial charge in [0, 0.05) is 38.2 Å². The van der Waals surface area contributed by atoms with Crippen LogP contribution in [0.1, 0.15) is 25.0 Å². The Kier molecular flexibility index (Phi) is 7.30. The third-order valence-electron chi connectivity index (χ3n) is 12.8. The van der Waals surface area contributed by atoms with Gasteiger partial charge in [-0.1, -0.05) is 159 Å². The molecule has 1 aliphatic carbocycles. The monoisotopic (exact) mass is 756 g/mol. The summed E-state index contributed by atoms with van der Waals surface area (Å²) < 4.78 is 4.74. The lowest BCUT2D eigenvalue weighted by atomic mass is 9.76. The van der Waals surface area contributed by atoms with Gasteiger partial charge in [0.1, 0.15) is 0 Å². The van der Waals surface area contributed by atoms with Gasteiger partial charge in [0.25, 0.3) is 0 Å². The highest BCUT2D eigenvalue weighted by molar-refractivity contribution is 6.24. The van der Waals surface area contributed by atoms with Crippen molar-refractivity contribution < 1.29 is 0 Å². The Morgan fingerprint density at radius 1 is 0.475 bits per heavy atom. The lowest BCUT2D eigenvalue weighted by Crippen LogP contribution is -2.42. The normalized spacial score (nSPS) is 16.2. The summed E-state index contributed by atoms with van der Waals surface area (Å²) in [7, 11) is 0. The first-order valence-electron chi connectivity index (χ1n) is 20.5. The molecule has 1 aliphatic heterocycles. The fraction of sp³-hybridized carbons (Fsp3) is 0.0727. The molecule has 1 N–H and O–H groups in total. The van der Waals surface area contributed by atoms with Crippen molar-refractivity contribution in [3.05, 3.63) is 211 Å². The molecule has 1 unspecified atom stereocenters. The van der Waals surface area contributed by atoms with Crippen LogP contribution in [0.2, 0.25) is 0 Å². The van der Waals surface area contributed by atoms with Crippen LogP contribution < -0.4 is 5.32 Å². The number of rotatable bonds is 4. The van der Waals surface area contributed by atoms with Gasteiger partial charge in [-0.05, 0) is 87.1 Å². The molecule has 0 saturated heterocycles. The Labute approximate surface area is 342 Å². The Morgan fingerprint density at radius 3 is 1.80 bits per heavy atom. The van der Waals surface area contributed by atoms with E-state index in [2.05, 4.69) is 222 Å². The average molecular weight is 757 g/mol. The van der Waals surface area contributed by atoms with Crippen molar-refractivity contribution in [3.8, 4) is 16.8 Å². The van der Waals surface area contributed by atoms with Crippen molar-refractivity contribution in [3.63, 3.8) is 0 Å². The summed E-state index contributed by atoms with van der Waals surface area (Å²) in [6.45, 7) is 4.69. The van der Waals surface area contributed by atoms with E-state index in [0.29, 0.717) is 0 Å². The molecule has 0 amide bonds. The summed E-state index contributed by atoms with van der Waals surface area (Å²) in [4.78, 5) is 5.62. The standard InChI is InChI=1S/C55H40N4/c1-55(2)45(36-17-6-3-7-18-36)34-46-52(55)53(37-19-8-4-9-20-37)57-54(56-46)59-49-30-28-39(33-44(49)51-41-23-13-12-16-35(41)26-31-50(51)59)38-27-29-48-43(32-38)42-24-14-15-25-47(42)58(48)40-21-10-5-11-22-40/h3-34,46H,1-2H3,(H,56,57). The molecule has 0 spiro atoms. The first-order valence-corrected chi connectivity index (χ1v) is 20.5. The summed E-state index contributed by atoms with van der Waals surface area (Å²) in [6, 6.07) is 68.1. The highest BCUT2D eigenvalue weighted by atomic mass is 15.2. The van der Waals surface area contributed by atoms with E-state index in [1.54, 1.807) is 0 Å².